The Hall–Kier alpha value is -2.11. The summed E-state index contributed by atoms with van der Waals surface area (Å²) < 4.78 is 0. The van der Waals surface area contributed by atoms with Crippen LogP contribution in [0, 0.1) is 10.8 Å². The minimum Gasteiger partial charge on any atom is -0.478 e. The molecule has 16 heavy (non-hydrogen) atoms. The van der Waals surface area contributed by atoms with Crippen molar-refractivity contribution in [1.29, 1.82) is 10.8 Å². The maximum Gasteiger partial charge on any atom is 0.335 e. The van der Waals surface area contributed by atoms with Crippen LogP contribution in [-0.4, -0.2) is 19.5 Å². The van der Waals surface area contributed by atoms with Crippen LogP contribution in [0.4, 0.5) is 18.8 Å². The molecule has 0 heterocycles. The van der Waals surface area contributed by atoms with E-state index in [4.69, 9.17) is 15.9 Å². The van der Waals surface area contributed by atoms with Crippen LogP contribution in [-0.2, 0) is 0 Å². The number of aromatic carboxylic acids is 1. The van der Waals surface area contributed by atoms with Gasteiger partial charge in [0, 0.05) is 10.8 Å². The molecule has 0 radical (unpaired) electrons. The van der Waals surface area contributed by atoms with Crippen LogP contribution in [0.5, 0.6) is 0 Å². The van der Waals surface area contributed by atoms with E-state index in [1.807, 2.05) is 0 Å². The second-order valence-corrected chi connectivity index (χ2v) is 1.67. The van der Waals surface area contributed by atoms with E-state index in [-0.39, 0.29) is 27.2 Å². The zero-order valence-electron chi connectivity index (χ0n) is 7.27. The molecule has 0 saturated heterocycles. The van der Waals surface area contributed by atoms with Gasteiger partial charge in [-0.15, -0.1) is 0 Å². The molecule has 0 bridgehead atoms. The van der Waals surface area contributed by atoms with Gasteiger partial charge in [-0.05, 0) is 12.1 Å². The quantitative estimate of drug-likeness (QED) is 0.450. The molecule has 0 atom stereocenters. The Morgan fingerprint density at radius 2 is 1.25 bits per heavy atom. The van der Waals surface area contributed by atoms with E-state index in [1.54, 1.807) is 30.3 Å². The normalized spacial score (nSPS) is 5.12. The van der Waals surface area contributed by atoms with Gasteiger partial charge in [-0.3, -0.25) is 18.8 Å². The summed E-state index contributed by atoms with van der Waals surface area (Å²) in [5.41, 5.74) is 0.331. The Morgan fingerprint density at radius 1 is 0.938 bits per heavy atom. The highest BCUT2D eigenvalue weighted by Crippen LogP contribution is 1.96. The van der Waals surface area contributed by atoms with Crippen molar-refractivity contribution < 1.29 is 28.7 Å². The predicted molar refractivity (Wildman–Crippen MR) is 56.8 cm³/mol. The molecule has 9 heteroatoms. The SMILES string of the molecule is B.F.F.F.F.N#N.O=C(O)c1ccccc1. The van der Waals surface area contributed by atoms with E-state index in [0.717, 1.165) is 0 Å². The molecule has 1 rings (SSSR count). The van der Waals surface area contributed by atoms with Crippen LogP contribution in [0.15, 0.2) is 30.3 Å². The van der Waals surface area contributed by atoms with E-state index >= 15 is 0 Å². The molecule has 0 aliphatic carbocycles. The lowest BCUT2D eigenvalue weighted by Crippen LogP contribution is -1.93. The van der Waals surface area contributed by atoms with Gasteiger partial charge < -0.3 is 5.11 Å². The summed E-state index contributed by atoms with van der Waals surface area (Å²) in [6.07, 6.45) is 0. The topological polar surface area (TPSA) is 84.9 Å². The maximum absolute atomic E-state index is 10.2. The number of carboxylic acids is 1. The summed E-state index contributed by atoms with van der Waals surface area (Å²) in [4.78, 5) is 10.2. The molecule has 0 aliphatic heterocycles. The molecule has 1 aromatic rings. The lowest BCUT2D eigenvalue weighted by molar-refractivity contribution is 0.0697. The molecule has 1 aromatic carbocycles. The molecular formula is C7H13BF4N2O2. The van der Waals surface area contributed by atoms with E-state index in [0.29, 0.717) is 5.56 Å². The third kappa shape index (κ3) is 14.4. The summed E-state index contributed by atoms with van der Waals surface area (Å²) in [5.74, 6) is -0.879. The smallest absolute Gasteiger partial charge is 0.335 e. The number of halogens is 4. The molecule has 0 aromatic heterocycles. The molecule has 0 fully saturated rings. The number of rotatable bonds is 1. The minimum atomic E-state index is -0.879. The molecular weight excluding hydrogens is 231 g/mol. The van der Waals surface area contributed by atoms with E-state index in [9.17, 15) is 4.79 Å². The fraction of sp³-hybridized carbons (Fsp3) is 0. The van der Waals surface area contributed by atoms with Gasteiger partial charge in [-0.25, -0.2) is 4.79 Å². The van der Waals surface area contributed by atoms with Crippen molar-refractivity contribution in [2.75, 3.05) is 0 Å². The molecule has 0 saturated carbocycles. The van der Waals surface area contributed by atoms with Gasteiger partial charge in [-0.2, -0.15) is 0 Å². The van der Waals surface area contributed by atoms with Crippen molar-refractivity contribution in [2.45, 2.75) is 0 Å². The number of benzene rings is 1. The second-order valence-electron chi connectivity index (χ2n) is 1.67. The van der Waals surface area contributed by atoms with Crippen LogP contribution < -0.4 is 0 Å². The highest BCUT2D eigenvalue weighted by atomic mass is 19.0. The van der Waals surface area contributed by atoms with E-state index in [2.05, 4.69) is 0 Å². The first-order chi connectivity index (χ1) is 5.30. The average Bonchev–Trinajstić information content (AvgIpc) is 2.10. The second kappa shape index (κ2) is 23.1. The zero-order valence-corrected chi connectivity index (χ0v) is 7.27. The monoisotopic (exact) mass is 244 g/mol. The lowest BCUT2D eigenvalue weighted by atomic mass is 10.2. The van der Waals surface area contributed by atoms with E-state index in [1.165, 1.54) is 0 Å². The first kappa shape index (κ1) is 37.1. The first-order valence-electron chi connectivity index (χ1n) is 2.79. The van der Waals surface area contributed by atoms with Gasteiger partial charge in [0.2, 0.25) is 0 Å². The third-order valence-electron chi connectivity index (χ3n) is 1.02. The fourth-order valence-electron chi connectivity index (χ4n) is 0.581. The van der Waals surface area contributed by atoms with Gasteiger partial charge >= 0.3 is 5.97 Å². The van der Waals surface area contributed by atoms with Crippen molar-refractivity contribution >= 4 is 14.4 Å². The van der Waals surface area contributed by atoms with Crippen LogP contribution in [0.25, 0.3) is 0 Å². The molecule has 4 nitrogen and oxygen atoms in total. The number of hydrogen-bond donors (Lipinski definition) is 1. The minimum absolute atomic E-state index is 0. The molecule has 94 valence electrons. The Kier molecular flexibility index (Phi) is 53.4. The lowest BCUT2D eigenvalue weighted by Gasteiger charge is -1.88. The molecule has 0 unspecified atom stereocenters. The van der Waals surface area contributed by atoms with E-state index < -0.39 is 5.97 Å². The number of carboxylic acid groups (broad SMARTS) is 1. The molecule has 0 spiro atoms. The zero-order chi connectivity index (χ0) is 8.69. The number of hydrogen-bond acceptors (Lipinski definition) is 3. The molecule has 1 N–H and O–H groups in total. The third-order valence-corrected chi connectivity index (χ3v) is 1.02. The van der Waals surface area contributed by atoms with Crippen molar-refractivity contribution in [2.24, 2.45) is 0 Å². The summed E-state index contributed by atoms with van der Waals surface area (Å²) >= 11 is 0. The number of carbonyl (C=O) groups is 1. The molecule has 0 aliphatic rings. The van der Waals surface area contributed by atoms with Crippen molar-refractivity contribution in [3.8, 4) is 0 Å². The molecule has 0 amide bonds. The Labute approximate surface area is 90.7 Å². The van der Waals surface area contributed by atoms with Crippen LogP contribution in [0.2, 0.25) is 0 Å². The van der Waals surface area contributed by atoms with Gasteiger partial charge in [-0.1, -0.05) is 18.2 Å². The van der Waals surface area contributed by atoms with Gasteiger partial charge in [0.25, 0.3) is 0 Å². The summed E-state index contributed by atoms with van der Waals surface area (Å²) in [7, 11) is 0. The van der Waals surface area contributed by atoms with Crippen LogP contribution >= 0.6 is 0 Å². The predicted octanol–water partition coefficient (Wildman–Crippen LogP) is 0.841. The van der Waals surface area contributed by atoms with Crippen molar-refractivity contribution in [3.63, 3.8) is 0 Å². The highest BCUT2D eigenvalue weighted by Gasteiger charge is 1.96. The van der Waals surface area contributed by atoms with Gasteiger partial charge in [0.05, 0.1) is 14.0 Å². The average molecular weight is 244 g/mol. The van der Waals surface area contributed by atoms with Crippen molar-refractivity contribution in [3.05, 3.63) is 35.9 Å². The first-order valence-corrected chi connectivity index (χ1v) is 2.79. The summed E-state index contributed by atoms with van der Waals surface area (Å²) in [6, 6.07) is 8.30. The standard InChI is InChI=1S/C7H6O2.BH3.4FH.N2/c8-7(9)6-4-2-1-3-5-6;;;;;;1-2/h1-5H,(H,8,9);1H3;4*1H;. The fourth-order valence-corrected chi connectivity index (χ4v) is 0.581. The highest BCUT2D eigenvalue weighted by molar-refractivity contribution is 5.87. The van der Waals surface area contributed by atoms with Gasteiger partial charge in [0.15, 0.2) is 0 Å². The summed E-state index contributed by atoms with van der Waals surface area (Å²) in [5, 5.41) is 20.4. The Bertz CT molecular complexity index is 261. The van der Waals surface area contributed by atoms with Crippen LogP contribution in [0.3, 0.4) is 0 Å². The largest absolute Gasteiger partial charge is 0.478 e. The Morgan fingerprint density at radius 3 is 1.44 bits per heavy atom. The maximum atomic E-state index is 10.2. The van der Waals surface area contributed by atoms with Crippen LogP contribution in [0.1, 0.15) is 10.4 Å². The summed E-state index contributed by atoms with van der Waals surface area (Å²) in [6.45, 7) is 0. The van der Waals surface area contributed by atoms with Crippen molar-refractivity contribution in [1.82, 2.24) is 0 Å². The Balaban J connectivity index is -0.0000000339. The van der Waals surface area contributed by atoms with Gasteiger partial charge in [0.1, 0.15) is 0 Å². The number of nitrogens with zero attached hydrogens (tertiary/aromatic N) is 2.